The molecule has 0 bridgehead atoms. The number of hydrogen-bond acceptors (Lipinski definition) is 10. The summed E-state index contributed by atoms with van der Waals surface area (Å²) in [5.41, 5.74) is 5.53. The summed E-state index contributed by atoms with van der Waals surface area (Å²) in [5.74, 6) is 0.847. The van der Waals surface area contributed by atoms with Gasteiger partial charge in [0.05, 0.1) is 13.2 Å². The van der Waals surface area contributed by atoms with Gasteiger partial charge in [-0.25, -0.2) is 4.79 Å². The largest absolute Gasteiger partial charge is 0.443 e. The first-order chi connectivity index (χ1) is 26.7. The summed E-state index contributed by atoms with van der Waals surface area (Å²) < 4.78 is 11.4. The van der Waals surface area contributed by atoms with Gasteiger partial charge in [0, 0.05) is 43.9 Å². The van der Waals surface area contributed by atoms with Crippen LogP contribution in [0, 0.1) is 18.3 Å². The molecule has 3 aliphatic heterocycles. The van der Waals surface area contributed by atoms with Crippen molar-refractivity contribution in [1.82, 2.24) is 30.6 Å². The Morgan fingerprint density at radius 2 is 1.79 bits per heavy atom. The fourth-order valence-electron chi connectivity index (χ4n) is 7.69. The van der Waals surface area contributed by atoms with Gasteiger partial charge in [-0.05, 0) is 86.1 Å². The topological polar surface area (TPSA) is 193 Å². The normalized spacial score (nSPS) is 24.0. The number of rotatable bonds is 13. The van der Waals surface area contributed by atoms with Crippen molar-refractivity contribution in [3.8, 4) is 5.88 Å². The standard InChI is InChI=1S/C24H34N2O6.C18H34N4O2/c1-5-6-7-15-8-9-16(14(4)10-15)11-17-19(13(2)3)25-26-23(17)32-24-22(30)21(29)20(28)18(12-27)31-24;1-4-21-9-5-6-18(14-21)7-10-22(11-8-18)16(23)13-20-17(24)19-12-15(2)3/h6-10,13,18,20-22,24,27-30H,5,11-12H2,1-4H3,(H,25,26);15H,4-14H2,1-3H3,(H2,19,20,24)/b7-6+;/t18-,20-,21+,22-,24+;/m1./s1. The number of urea groups is 1. The van der Waals surface area contributed by atoms with Crippen LogP contribution in [-0.4, -0.2) is 135 Å². The number of aromatic amines is 1. The number of benzene rings is 1. The van der Waals surface area contributed by atoms with E-state index in [9.17, 15) is 30.0 Å². The molecule has 1 aromatic carbocycles. The second-order valence-corrected chi connectivity index (χ2v) is 16.4. The summed E-state index contributed by atoms with van der Waals surface area (Å²) in [4.78, 5) is 28.4. The molecule has 3 amide bonds. The number of piperidine rings is 2. The average Bonchev–Trinajstić information content (AvgIpc) is 3.58. The maximum absolute atomic E-state index is 12.3. The molecule has 3 fully saturated rings. The maximum Gasteiger partial charge on any atom is 0.315 e. The third kappa shape index (κ3) is 12.2. The summed E-state index contributed by atoms with van der Waals surface area (Å²) >= 11 is 0. The molecule has 3 aliphatic rings. The van der Waals surface area contributed by atoms with Gasteiger partial charge in [0.15, 0.2) is 0 Å². The molecule has 56 heavy (non-hydrogen) atoms. The van der Waals surface area contributed by atoms with Gasteiger partial charge in [0.1, 0.15) is 24.4 Å². The number of likely N-dealkylation sites (tertiary alicyclic amines) is 2. The predicted octanol–water partition coefficient (Wildman–Crippen LogP) is 3.70. The van der Waals surface area contributed by atoms with E-state index in [1.54, 1.807) is 0 Å². The first-order valence-electron chi connectivity index (χ1n) is 20.5. The molecule has 314 valence electrons. The molecule has 3 saturated heterocycles. The molecular formula is C42H68N6O8. The molecule has 0 radical (unpaired) electrons. The van der Waals surface area contributed by atoms with Crippen LogP contribution >= 0.6 is 0 Å². The van der Waals surface area contributed by atoms with E-state index in [1.807, 2.05) is 32.6 Å². The summed E-state index contributed by atoms with van der Waals surface area (Å²) in [6.07, 6.45) is 3.73. The summed E-state index contributed by atoms with van der Waals surface area (Å²) in [6.45, 7) is 19.9. The molecule has 5 rings (SSSR count). The minimum atomic E-state index is -1.51. The Labute approximate surface area is 333 Å². The van der Waals surface area contributed by atoms with Crippen molar-refractivity contribution in [2.45, 2.75) is 124 Å². The lowest BCUT2D eigenvalue weighted by molar-refractivity contribution is -0.278. The number of carbonyl (C=O) groups is 2. The molecule has 0 unspecified atom stereocenters. The van der Waals surface area contributed by atoms with Crippen LogP contribution in [0.5, 0.6) is 5.88 Å². The van der Waals surface area contributed by atoms with Gasteiger partial charge in [-0.15, -0.1) is 5.10 Å². The number of allylic oxidation sites excluding steroid dienone is 1. The number of aromatic nitrogens is 2. The number of nitrogens with zero attached hydrogens (tertiary/aromatic N) is 3. The Morgan fingerprint density at radius 1 is 1.05 bits per heavy atom. The van der Waals surface area contributed by atoms with Gasteiger partial charge in [-0.3, -0.25) is 9.89 Å². The molecule has 14 nitrogen and oxygen atoms in total. The molecule has 1 aromatic heterocycles. The second kappa shape index (κ2) is 21.3. The first kappa shape index (κ1) is 45.2. The van der Waals surface area contributed by atoms with Crippen molar-refractivity contribution in [1.29, 1.82) is 0 Å². The number of H-pyrrole nitrogens is 1. The molecule has 5 atom stereocenters. The van der Waals surface area contributed by atoms with Crippen molar-refractivity contribution in [3.05, 3.63) is 52.2 Å². The van der Waals surface area contributed by atoms with Crippen LogP contribution in [-0.2, 0) is 16.0 Å². The summed E-state index contributed by atoms with van der Waals surface area (Å²) in [7, 11) is 0. The Balaban J connectivity index is 0.000000259. The number of aryl methyl sites for hydroxylation is 1. The Morgan fingerprint density at radius 3 is 2.41 bits per heavy atom. The zero-order valence-electron chi connectivity index (χ0n) is 34.6. The Hall–Kier alpha value is -3.53. The second-order valence-electron chi connectivity index (χ2n) is 16.4. The van der Waals surface area contributed by atoms with Crippen LogP contribution in [0.4, 0.5) is 4.79 Å². The minimum Gasteiger partial charge on any atom is -0.443 e. The van der Waals surface area contributed by atoms with Gasteiger partial charge in [-0.1, -0.05) is 71.9 Å². The number of aliphatic hydroxyl groups is 4. The molecule has 4 heterocycles. The fourth-order valence-corrected chi connectivity index (χ4v) is 7.69. The Bertz CT molecular complexity index is 1570. The maximum atomic E-state index is 12.3. The third-order valence-electron chi connectivity index (χ3n) is 11.2. The molecule has 7 N–H and O–H groups in total. The predicted molar refractivity (Wildman–Crippen MR) is 216 cm³/mol. The SMILES string of the molecule is CC/C=C/c1ccc(Cc2c(O[C@@H]3O[C@H](CO)[C@@H](O)[C@H](O)[C@H]3O)n[nH]c2C(C)C)c(C)c1.CCN1CCCC2(CCN(C(=O)CNC(=O)NCC(C)C)CC2)C1. The highest BCUT2D eigenvalue weighted by atomic mass is 16.7. The van der Waals surface area contributed by atoms with Crippen LogP contribution in [0.3, 0.4) is 0 Å². The molecule has 14 heteroatoms. The number of carbonyl (C=O) groups excluding carboxylic acids is 2. The van der Waals surface area contributed by atoms with E-state index in [0.29, 0.717) is 24.3 Å². The monoisotopic (exact) mass is 785 g/mol. The van der Waals surface area contributed by atoms with Crippen molar-refractivity contribution >= 4 is 18.0 Å². The lowest BCUT2D eigenvalue weighted by Crippen LogP contribution is -2.60. The van der Waals surface area contributed by atoms with E-state index >= 15 is 0 Å². The fraction of sp³-hybridized carbons (Fsp3) is 0.690. The van der Waals surface area contributed by atoms with Crippen LogP contribution in [0.2, 0.25) is 0 Å². The molecular weight excluding hydrogens is 716 g/mol. The highest BCUT2D eigenvalue weighted by Gasteiger charge is 2.45. The lowest BCUT2D eigenvalue weighted by Gasteiger charge is -2.47. The molecule has 2 aromatic rings. The number of nitrogens with one attached hydrogen (secondary N) is 3. The third-order valence-corrected chi connectivity index (χ3v) is 11.2. The minimum absolute atomic E-state index is 0.0349. The number of ether oxygens (including phenoxy) is 2. The van der Waals surface area contributed by atoms with Crippen molar-refractivity contribution in [3.63, 3.8) is 0 Å². The summed E-state index contributed by atoms with van der Waals surface area (Å²) in [6, 6.07) is 6.03. The number of amides is 3. The van der Waals surface area contributed by atoms with Crippen LogP contribution < -0.4 is 15.4 Å². The highest BCUT2D eigenvalue weighted by Crippen LogP contribution is 2.40. The van der Waals surface area contributed by atoms with E-state index in [1.165, 1.54) is 25.9 Å². The Kier molecular flexibility index (Phi) is 17.2. The van der Waals surface area contributed by atoms with Gasteiger partial charge in [0.2, 0.25) is 18.1 Å². The van der Waals surface area contributed by atoms with Gasteiger partial charge in [-0.2, -0.15) is 0 Å². The van der Waals surface area contributed by atoms with Crippen LogP contribution in [0.25, 0.3) is 6.08 Å². The van der Waals surface area contributed by atoms with E-state index in [4.69, 9.17) is 9.47 Å². The quantitative estimate of drug-likeness (QED) is 0.158. The highest BCUT2D eigenvalue weighted by molar-refractivity contribution is 5.84. The zero-order valence-corrected chi connectivity index (χ0v) is 34.6. The number of aliphatic hydroxyl groups excluding tert-OH is 4. The van der Waals surface area contributed by atoms with Crippen LogP contribution in [0.1, 0.15) is 108 Å². The smallest absolute Gasteiger partial charge is 0.315 e. The van der Waals surface area contributed by atoms with E-state index in [0.717, 1.165) is 66.8 Å². The van der Waals surface area contributed by atoms with Gasteiger partial charge < -0.3 is 50.3 Å². The van der Waals surface area contributed by atoms with E-state index in [2.05, 4.69) is 76.9 Å². The first-order valence-corrected chi connectivity index (χ1v) is 20.5. The van der Waals surface area contributed by atoms with E-state index < -0.39 is 37.3 Å². The van der Waals surface area contributed by atoms with Crippen molar-refractivity contribution in [2.75, 3.05) is 52.4 Å². The summed E-state index contributed by atoms with van der Waals surface area (Å²) in [5, 5.41) is 52.6. The van der Waals surface area contributed by atoms with Gasteiger partial charge >= 0.3 is 6.03 Å². The van der Waals surface area contributed by atoms with Gasteiger partial charge in [0.25, 0.3) is 0 Å². The zero-order chi connectivity index (χ0) is 41.0. The lowest BCUT2D eigenvalue weighted by atomic mass is 9.72. The number of hydrogen-bond donors (Lipinski definition) is 7. The molecule has 0 saturated carbocycles. The van der Waals surface area contributed by atoms with E-state index in [-0.39, 0.29) is 30.3 Å². The van der Waals surface area contributed by atoms with Crippen molar-refractivity contribution in [2.24, 2.45) is 11.3 Å². The van der Waals surface area contributed by atoms with Crippen LogP contribution in [0.15, 0.2) is 24.3 Å². The molecule has 0 aliphatic carbocycles. The van der Waals surface area contributed by atoms with Crippen molar-refractivity contribution < 1.29 is 39.5 Å². The average molecular weight is 785 g/mol. The molecule has 1 spiro atoms.